The molecule has 1 atom stereocenters. The zero-order valence-corrected chi connectivity index (χ0v) is 23.3. The Kier molecular flexibility index (Phi) is 9.17. The number of nitrogens with zero attached hydrogens (tertiary/aromatic N) is 2. The van der Waals surface area contributed by atoms with Gasteiger partial charge in [0.15, 0.2) is 0 Å². The van der Waals surface area contributed by atoms with Gasteiger partial charge in [-0.2, -0.15) is 0 Å². The van der Waals surface area contributed by atoms with Crippen LogP contribution in [-0.4, -0.2) is 43.3 Å². The highest BCUT2D eigenvalue weighted by molar-refractivity contribution is 7.92. The van der Waals surface area contributed by atoms with Gasteiger partial charge in [-0.3, -0.25) is 13.9 Å². The third-order valence-electron chi connectivity index (χ3n) is 5.70. The molecule has 0 fully saturated rings. The molecule has 0 aliphatic carbocycles. The quantitative estimate of drug-likeness (QED) is 0.399. The van der Waals surface area contributed by atoms with Crippen LogP contribution in [0.5, 0.6) is 0 Å². The summed E-state index contributed by atoms with van der Waals surface area (Å²) < 4.78 is 42.9. The van der Waals surface area contributed by atoms with Crippen LogP contribution < -0.4 is 9.62 Å². The lowest BCUT2D eigenvalue weighted by Gasteiger charge is -2.33. The highest BCUT2D eigenvalue weighted by atomic mass is 35.5. The molecule has 0 saturated carbocycles. The van der Waals surface area contributed by atoms with E-state index in [-0.39, 0.29) is 17.1 Å². The summed E-state index contributed by atoms with van der Waals surface area (Å²) in [4.78, 5) is 28.0. The first kappa shape index (κ1) is 29.1. The van der Waals surface area contributed by atoms with Crippen LogP contribution in [-0.2, 0) is 26.2 Å². The molecule has 3 aromatic rings. The van der Waals surface area contributed by atoms with Crippen molar-refractivity contribution in [2.45, 2.75) is 50.7 Å². The van der Waals surface area contributed by atoms with Crippen molar-refractivity contribution >= 4 is 39.1 Å². The zero-order chi connectivity index (χ0) is 28.1. The molecule has 0 heterocycles. The third kappa shape index (κ3) is 7.11. The van der Waals surface area contributed by atoms with Gasteiger partial charge in [0.25, 0.3) is 10.0 Å². The summed E-state index contributed by atoms with van der Waals surface area (Å²) in [6.07, 6.45) is 0. The molecule has 3 aromatic carbocycles. The molecule has 0 aromatic heterocycles. The number of amides is 2. The van der Waals surface area contributed by atoms with Crippen molar-refractivity contribution in [1.29, 1.82) is 0 Å². The van der Waals surface area contributed by atoms with Gasteiger partial charge >= 0.3 is 0 Å². The molecule has 38 heavy (non-hydrogen) atoms. The van der Waals surface area contributed by atoms with Crippen molar-refractivity contribution in [2.75, 3.05) is 10.8 Å². The maximum absolute atomic E-state index is 14.9. The Labute approximate surface area is 228 Å². The minimum absolute atomic E-state index is 0.0618. The number of nitrogens with one attached hydrogen (secondary N) is 1. The third-order valence-corrected chi connectivity index (χ3v) is 7.84. The number of carbonyl (C=O) groups is 2. The average molecular weight is 560 g/mol. The van der Waals surface area contributed by atoms with Crippen LogP contribution in [0.15, 0.2) is 83.8 Å². The Morgan fingerprint density at radius 3 is 2.13 bits per heavy atom. The number of hydrogen-bond acceptors (Lipinski definition) is 4. The van der Waals surface area contributed by atoms with Gasteiger partial charge in [-0.05, 0) is 63.6 Å². The van der Waals surface area contributed by atoms with E-state index >= 15 is 0 Å². The van der Waals surface area contributed by atoms with E-state index in [2.05, 4.69) is 5.32 Å². The molecule has 10 heteroatoms. The van der Waals surface area contributed by atoms with Crippen LogP contribution in [0.2, 0.25) is 5.02 Å². The molecule has 2 amide bonds. The summed E-state index contributed by atoms with van der Waals surface area (Å²) in [5, 5.41) is 3.23. The molecule has 3 rings (SSSR count). The molecule has 0 unspecified atom stereocenters. The van der Waals surface area contributed by atoms with Crippen LogP contribution >= 0.6 is 11.6 Å². The Morgan fingerprint density at radius 1 is 0.947 bits per heavy atom. The van der Waals surface area contributed by atoms with Gasteiger partial charge in [-0.15, -0.1) is 0 Å². The van der Waals surface area contributed by atoms with Crippen LogP contribution in [0, 0.1) is 5.82 Å². The Balaban J connectivity index is 2.05. The molecule has 0 spiro atoms. The second-order valence-electron chi connectivity index (χ2n) is 9.80. The second kappa shape index (κ2) is 12.0. The van der Waals surface area contributed by atoms with E-state index in [1.807, 2.05) is 20.8 Å². The van der Waals surface area contributed by atoms with E-state index in [4.69, 9.17) is 11.6 Å². The monoisotopic (exact) mass is 559 g/mol. The second-order valence-corrected chi connectivity index (χ2v) is 12.1. The topological polar surface area (TPSA) is 86.8 Å². The first-order valence-electron chi connectivity index (χ1n) is 12.0. The van der Waals surface area contributed by atoms with Crippen molar-refractivity contribution in [3.8, 4) is 0 Å². The highest BCUT2D eigenvalue weighted by Gasteiger charge is 2.34. The van der Waals surface area contributed by atoms with Gasteiger partial charge in [0, 0.05) is 17.1 Å². The summed E-state index contributed by atoms with van der Waals surface area (Å²) in [7, 11) is -4.34. The van der Waals surface area contributed by atoms with Crippen LogP contribution in [0.3, 0.4) is 0 Å². The predicted molar refractivity (Wildman–Crippen MR) is 147 cm³/mol. The highest BCUT2D eigenvalue weighted by Crippen LogP contribution is 2.27. The fourth-order valence-corrected chi connectivity index (χ4v) is 5.39. The van der Waals surface area contributed by atoms with Crippen LogP contribution in [0.1, 0.15) is 33.3 Å². The van der Waals surface area contributed by atoms with Gasteiger partial charge in [-0.25, -0.2) is 12.8 Å². The number of anilines is 1. The van der Waals surface area contributed by atoms with Crippen LogP contribution in [0.25, 0.3) is 0 Å². The molecule has 7 nitrogen and oxygen atoms in total. The van der Waals surface area contributed by atoms with Crippen LogP contribution in [0.4, 0.5) is 10.1 Å². The van der Waals surface area contributed by atoms with E-state index in [1.54, 1.807) is 37.3 Å². The molecule has 0 aliphatic rings. The summed E-state index contributed by atoms with van der Waals surface area (Å²) in [6, 6.07) is 18.7. The number of benzene rings is 3. The van der Waals surface area contributed by atoms with Crippen molar-refractivity contribution in [3.63, 3.8) is 0 Å². The molecular formula is C28H31ClFN3O4S. The lowest BCUT2D eigenvalue weighted by molar-refractivity contribution is -0.140. The smallest absolute Gasteiger partial charge is 0.264 e. The fourth-order valence-electron chi connectivity index (χ4n) is 3.75. The number of halogens is 2. The average Bonchev–Trinajstić information content (AvgIpc) is 2.86. The summed E-state index contributed by atoms with van der Waals surface area (Å²) in [5.74, 6) is -1.94. The first-order valence-corrected chi connectivity index (χ1v) is 13.8. The Bertz CT molecular complexity index is 1390. The maximum atomic E-state index is 14.9. The molecule has 0 bridgehead atoms. The van der Waals surface area contributed by atoms with Gasteiger partial charge < -0.3 is 10.2 Å². The number of sulfonamides is 1. The molecule has 0 radical (unpaired) electrons. The summed E-state index contributed by atoms with van der Waals surface area (Å²) in [6.45, 7) is 6.18. The van der Waals surface area contributed by atoms with E-state index in [9.17, 15) is 22.4 Å². The standard InChI is InChI=1S/C28H31ClFN3O4S/c1-20(27(35)31-28(2,3)4)32(18-21-12-8-9-15-23(21)29)26(34)19-33(25-17-11-10-16-24(25)30)38(36,37)22-13-6-5-7-14-22/h5-17,20H,18-19H2,1-4H3,(H,31,35)/t20-/m0/s1. The minimum atomic E-state index is -4.34. The lowest BCUT2D eigenvalue weighted by Crippen LogP contribution is -2.54. The van der Waals surface area contributed by atoms with Gasteiger partial charge in [0.2, 0.25) is 11.8 Å². The number of hydrogen-bond donors (Lipinski definition) is 1. The zero-order valence-electron chi connectivity index (χ0n) is 21.7. The summed E-state index contributed by atoms with van der Waals surface area (Å²) >= 11 is 6.34. The lowest BCUT2D eigenvalue weighted by atomic mass is 10.1. The van der Waals surface area contributed by atoms with Gasteiger partial charge in [0.1, 0.15) is 18.4 Å². The van der Waals surface area contributed by atoms with Crippen molar-refractivity contribution in [3.05, 3.63) is 95.3 Å². The molecule has 1 N–H and O–H groups in total. The van der Waals surface area contributed by atoms with Crippen molar-refractivity contribution in [2.24, 2.45) is 0 Å². The van der Waals surface area contributed by atoms with Gasteiger partial charge in [-0.1, -0.05) is 60.1 Å². The molecule has 0 aliphatic heterocycles. The van der Waals surface area contributed by atoms with E-state index in [1.165, 1.54) is 47.4 Å². The van der Waals surface area contributed by atoms with E-state index in [0.29, 0.717) is 10.6 Å². The summed E-state index contributed by atoms with van der Waals surface area (Å²) in [5.41, 5.74) is -0.282. The van der Waals surface area contributed by atoms with Crippen molar-refractivity contribution < 1.29 is 22.4 Å². The fraction of sp³-hybridized carbons (Fsp3) is 0.286. The SMILES string of the molecule is C[C@@H](C(=O)NC(C)(C)C)N(Cc1ccccc1Cl)C(=O)CN(c1ccccc1F)S(=O)(=O)c1ccccc1. The maximum Gasteiger partial charge on any atom is 0.264 e. The van der Waals surface area contributed by atoms with E-state index in [0.717, 1.165) is 10.4 Å². The Morgan fingerprint density at radius 2 is 1.53 bits per heavy atom. The predicted octanol–water partition coefficient (Wildman–Crippen LogP) is 5.01. The van der Waals surface area contributed by atoms with Crippen molar-refractivity contribution in [1.82, 2.24) is 10.2 Å². The Hall–Kier alpha value is -3.43. The first-order chi connectivity index (χ1) is 17.8. The molecule has 0 saturated heterocycles. The number of para-hydroxylation sites is 1. The number of rotatable bonds is 9. The number of carbonyl (C=O) groups excluding carboxylic acids is 2. The largest absolute Gasteiger partial charge is 0.350 e. The van der Waals surface area contributed by atoms with Gasteiger partial charge in [0.05, 0.1) is 10.6 Å². The normalized spacial score (nSPS) is 12.5. The molecular weight excluding hydrogens is 529 g/mol. The van der Waals surface area contributed by atoms with E-state index < -0.39 is 45.8 Å². The minimum Gasteiger partial charge on any atom is -0.350 e. The molecule has 202 valence electrons.